The van der Waals surface area contributed by atoms with Gasteiger partial charge in [0.2, 0.25) is 0 Å². The van der Waals surface area contributed by atoms with Crippen LogP contribution in [0.2, 0.25) is 0 Å². The average molecular weight is 313 g/mol. The second-order valence-electron chi connectivity index (χ2n) is 5.35. The van der Waals surface area contributed by atoms with Gasteiger partial charge in [0.15, 0.2) is 0 Å². The summed E-state index contributed by atoms with van der Waals surface area (Å²) in [5, 5.41) is 0. The molecule has 0 bridgehead atoms. The van der Waals surface area contributed by atoms with Crippen molar-refractivity contribution < 1.29 is 23.0 Å². The standard InChI is InChI=1S/C16H21F2NO3/c1-3-6-19(10-11-5-4-7-22-11)16(20)15-13(17)8-12(21-2)9-14(15)18/h8-9,11H,3-7,10H2,1-2H3/t11-/m0/s1. The quantitative estimate of drug-likeness (QED) is 0.810. The topological polar surface area (TPSA) is 38.8 Å². The zero-order chi connectivity index (χ0) is 16.1. The number of halogens is 2. The first-order chi connectivity index (χ1) is 10.6. The summed E-state index contributed by atoms with van der Waals surface area (Å²) < 4.78 is 38.4. The minimum absolute atomic E-state index is 0.0488. The van der Waals surface area contributed by atoms with Gasteiger partial charge in [0.25, 0.3) is 5.91 Å². The molecule has 2 rings (SSSR count). The summed E-state index contributed by atoms with van der Waals surface area (Å²) in [6, 6.07) is 2.04. The van der Waals surface area contributed by atoms with Gasteiger partial charge in [0.1, 0.15) is 22.9 Å². The molecule has 1 aromatic carbocycles. The Hall–Kier alpha value is -1.69. The average Bonchev–Trinajstić information content (AvgIpc) is 2.98. The van der Waals surface area contributed by atoms with Gasteiger partial charge in [0, 0.05) is 31.8 Å². The molecule has 0 N–H and O–H groups in total. The van der Waals surface area contributed by atoms with E-state index in [2.05, 4.69) is 0 Å². The lowest BCUT2D eigenvalue weighted by Gasteiger charge is -2.25. The first-order valence-electron chi connectivity index (χ1n) is 7.50. The van der Waals surface area contributed by atoms with E-state index in [1.165, 1.54) is 12.0 Å². The molecule has 0 spiro atoms. The van der Waals surface area contributed by atoms with Crippen LogP contribution in [0.3, 0.4) is 0 Å². The molecule has 0 radical (unpaired) electrons. The van der Waals surface area contributed by atoms with Crippen LogP contribution in [0.15, 0.2) is 12.1 Å². The van der Waals surface area contributed by atoms with Crippen molar-refractivity contribution in [1.29, 1.82) is 0 Å². The third-order valence-electron chi connectivity index (χ3n) is 3.69. The van der Waals surface area contributed by atoms with E-state index in [1.54, 1.807) is 0 Å². The Morgan fingerprint density at radius 1 is 1.41 bits per heavy atom. The predicted octanol–water partition coefficient (Wildman–Crippen LogP) is 3.00. The van der Waals surface area contributed by atoms with Gasteiger partial charge in [0.05, 0.1) is 13.2 Å². The molecule has 1 amide bonds. The van der Waals surface area contributed by atoms with Crippen LogP contribution in [-0.2, 0) is 4.74 Å². The Balaban J connectivity index is 2.22. The van der Waals surface area contributed by atoms with Gasteiger partial charge >= 0.3 is 0 Å². The van der Waals surface area contributed by atoms with Crippen molar-refractivity contribution in [1.82, 2.24) is 4.90 Å². The van der Waals surface area contributed by atoms with E-state index in [4.69, 9.17) is 9.47 Å². The van der Waals surface area contributed by atoms with Gasteiger partial charge in [-0.05, 0) is 19.3 Å². The van der Waals surface area contributed by atoms with E-state index >= 15 is 0 Å². The molecule has 1 aliphatic rings. The van der Waals surface area contributed by atoms with Crippen LogP contribution in [0.1, 0.15) is 36.5 Å². The molecule has 1 aliphatic heterocycles. The highest BCUT2D eigenvalue weighted by Gasteiger charge is 2.27. The number of carbonyl (C=O) groups excluding carboxylic acids is 1. The number of amides is 1. The van der Waals surface area contributed by atoms with Crippen molar-refractivity contribution in [3.63, 3.8) is 0 Å². The van der Waals surface area contributed by atoms with E-state index in [0.717, 1.165) is 25.0 Å². The Labute approximate surface area is 129 Å². The lowest BCUT2D eigenvalue weighted by Crippen LogP contribution is -2.38. The summed E-state index contributed by atoms with van der Waals surface area (Å²) in [4.78, 5) is 14.0. The van der Waals surface area contributed by atoms with Crippen LogP contribution in [0.4, 0.5) is 8.78 Å². The number of hydrogen-bond donors (Lipinski definition) is 0. The van der Waals surface area contributed by atoms with Crippen molar-refractivity contribution in [2.75, 3.05) is 26.8 Å². The fraction of sp³-hybridized carbons (Fsp3) is 0.562. The fourth-order valence-corrected chi connectivity index (χ4v) is 2.61. The number of methoxy groups -OCH3 is 1. The van der Waals surface area contributed by atoms with Gasteiger partial charge in [-0.3, -0.25) is 4.79 Å². The predicted molar refractivity (Wildman–Crippen MR) is 78.1 cm³/mol. The van der Waals surface area contributed by atoms with Gasteiger partial charge in [-0.2, -0.15) is 0 Å². The molecule has 0 aromatic heterocycles. The van der Waals surface area contributed by atoms with E-state index in [1.807, 2.05) is 6.92 Å². The third-order valence-corrected chi connectivity index (χ3v) is 3.69. The Bertz CT molecular complexity index is 507. The van der Waals surface area contributed by atoms with Gasteiger partial charge in [-0.1, -0.05) is 6.92 Å². The van der Waals surface area contributed by atoms with Crippen molar-refractivity contribution in [3.05, 3.63) is 29.3 Å². The lowest BCUT2D eigenvalue weighted by atomic mass is 10.1. The summed E-state index contributed by atoms with van der Waals surface area (Å²) in [5.74, 6) is -2.41. The largest absolute Gasteiger partial charge is 0.497 e. The van der Waals surface area contributed by atoms with E-state index in [0.29, 0.717) is 26.1 Å². The highest BCUT2D eigenvalue weighted by molar-refractivity contribution is 5.95. The Kier molecular flexibility index (Phi) is 5.71. The van der Waals surface area contributed by atoms with Crippen LogP contribution in [0.5, 0.6) is 5.75 Å². The highest BCUT2D eigenvalue weighted by Crippen LogP contribution is 2.23. The Morgan fingerprint density at radius 2 is 2.09 bits per heavy atom. The number of rotatable bonds is 6. The highest BCUT2D eigenvalue weighted by atomic mass is 19.1. The smallest absolute Gasteiger partial charge is 0.259 e. The number of ether oxygens (including phenoxy) is 2. The molecule has 6 heteroatoms. The summed E-state index contributed by atoms with van der Waals surface area (Å²) in [6.45, 7) is 3.38. The van der Waals surface area contributed by atoms with Crippen molar-refractivity contribution in [2.24, 2.45) is 0 Å². The molecule has 22 heavy (non-hydrogen) atoms. The minimum Gasteiger partial charge on any atom is -0.497 e. The molecular formula is C16H21F2NO3. The summed E-state index contributed by atoms with van der Waals surface area (Å²) in [6.07, 6.45) is 2.46. The van der Waals surface area contributed by atoms with Gasteiger partial charge < -0.3 is 14.4 Å². The maximum atomic E-state index is 14.1. The lowest BCUT2D eigenvalue weighted by molar-refractivity contribution is 0.0519. The second kappa shape index (κ2) is 7.54. The van der Waals surface area contributed by atoms with Gasteiger partial charge in [-0.25, -0.2) is 8.78 Å². The zero-order valence-electron chi connectivity index (χ0n) is 12.9. The first kappa shape index (κ1) is 16.7. The monoisotopic (exact) mass is 313 g/mol. The SMILES string of the molecule is CCCN(C[C@@H]1CCCO1)C(=O)c1c(F)cc(OC)cc1F. The number of carbonyl (C=O) groups is 1. The third kappa shape index (κ3) is 3.74. The van der Waals surface area contributed by atoms with E-state index in [-0.39, 0.29) is 11.9 Å². The molecule has 1 aromatic rings. The fourth-order valence-electron chi connectivity index (χ4n) is 2.61. The van der Waals surface area contributed by atoms with E-state index in [9.17, 15) is 13.6 Å². The maximum absolute atomic E-state index is 14.1. The first-order valence-corrected chi connectivity index (χ1v) is 7.50. The van der Waals surface area contributed by atoms with Crippen molar-refractivity contribution in [3.8, 4) is 5.75 Å². The van der Waals surface area contributed by atoms with Gasteiger partial charge in [-0.15, -0.1) is 0 Å². The summed E-state index contributed by atoms with van der Waals surface area (Å²) in [5.41, 5.74) is -0.535. The molecule has 1 atom stereocenters. The normalized spacial score (nSPS) is 17.5. The minimum atomic E-state index is -0.907. The molecule has 122 valence electrons. The van der Waals surface area contributed by atoms with Crippen LogP contribution in [-0.4, -0.2) is 43.7 Å². The summed E-state index contributed by atoms with van der Waals surface area (Å²) >= 11 is 0. The van der Waals surface area contributed by atoms with Crippen LogP contribution >= 0.6 is 0 Å². The molecule has 1 heterocycles. The van der Waals surface area contributed by atoms with Crippen LogP contribution < -0.4 is 4.74 Å². The maximum Gasteiger partial charge on any atom is 0.259 e. The molecule has 4 nitrogen and oxygen atoms in total. The molecular weight excluding hydrogens is 292 g/mol. The van der Waals surface area contributed by atoms with Crippen molar-refractivity contribution >= 4 is 5.91 Å². The number of nitrogens with zero attached hydrogens (tertiary/aromatic N) is 1. The molecule has 1 saturated heterocycles. The molecule has 0 aliphatic carbocycles. The van der Waals surface area contributed by atoms with Crippen molar-refractivity contribution in [2.45, 2.75) is 32.3 Å². The molecule has 0 saturated carbocycles. The number of benzene rings is 1. The van der Waals surface area contributed by atoms with Crippen LogP contribution in [0, 0.1) is 11.6 Å². The second-order valence-corrected chi connectivity index (χ2v) is 5.35. The Morgan fingerprint density at radius 3 is 2.59 bits per heavy atom. The van der Waals surface area contributed by atoms with E-state index < -0.39 is 23.1 Å². The molecule has 0 unspecified atom stereocenters. The van der Waals surface area contributed by atoms with Crippen LogP contribution in [0.25, 0.3) is 0 Å². The zero-order valence-corrected chi connectivity index (χ0v) is 12.9. The number of hydrogen-bond acceptors (Lipinski definition) is 3. The molecule has 1 fully saturated rings. The summed E-state index contributed by atoms with van der Waals surface area (Å²) in [7, 11) is 1.32.